The molecule has 1 unspecified atom stereocenters. The number of benzene rings is 1. The van der Waals surface area contributed by atoms with Gasteiger partial charge in [-0.15, -0.1) is 0 Å². The maximum absolute atomic E-state index is 13.5. The fourth-order valence-electron chi connectivity index (χ4n) is 4.95. The molecule has 0 radical (unpaired) electrons. The Balaban J connectivity index is 1.74. The first-order valence-corrected chi connectivity index (χ1v) is 18.2. The number of aryl methyl sites for hydroxylation is 1. The highest BCUT2D eigenvalue weighted by Gasteiger charge is 2.47. The quantitative estimate of drug-likeness (QED) is 0.185. The Labute approximate surface area is 268 Å². The average molecular weight is 634 g/mol. The maximum atomic E-state index is 13.5. The summed E-state index contributed by atoms with van der Waals surface area (Å²) in [5.74, 6) is 1.16. The molecule has 1 aliphatic rings. The van der Waals surface area contributed by atoms with Crippen LogP contribution in [-0.2, 0) is 25.9 Å². The van der Waals surface area contributed by atoms with E-state index in [0.29, 0.717) is 49.2 Å². The van der Waals surface area contributed by atoms with Crippen LogP contribution < -0.4 is 10.2 Å². The highest BCUT2D eigenvalue weighted by Crippen LogP contribution is 2.47. The topological polar surface area (TPSA) is 127 Å². The second-order valence-electron chi connectivity index (χ2n) is 14.4. The summed E-state index contributed by atoms with van der Waals surface area (Å²) in [6.07, 6.45) is 3.74. The van der Waals surface area contributed by atoms with Gasteiger partial charge < -0.3 is 19.2 Å². The number of anilines is 3. The molecule has 0 spiro atoms. The van der Waals surface area contributed by atoms with Crippen LogP contribution in [0.15, 0.2) is 36.7 Å². The number of ether oxygens (including phenoxy) is 2. The van der Waals surface area contributed by atoms with E-state index in [1.165, 1.54) is 0 Å². The van der Waals surface area contributed by atoms with Crippen LogP contribution in [0.4, 0.5) is 22.2 Å². The van der Waals surface area contributed by atoms with Crippen molar-refractivity contribution in [3.63, 3.8) is 0 Å². The maximum Gasteiger partial charge on any atom is 0.414 e. The van der Waals surface area contributed by atoms with E-state index in [1.54, 1.807) is 30.5 Å². The lowest BCUT2D eigenvalue weighted by atomic mass is 9.83. The number of fused-ring (bicyclic) bond motifs is 1. The minimum absolute atomic E-state index is 0.0127. The van der Waals surface area contributed by atoms with Gasteiger partial charge in [-0.1, -0.05) is 27.7 Å². The fourth-order valence-corrected chi connectivity index (χ4v) is 6.07. The standard InChI is InChI=1S/C33H47N7O4Si/c1-31(2,3)44-30(41)39-21-33(7,22-43-45(9,10)32(4,5)6)25-19-23(18-24(20-34)28(25)39)26-12-14-35-29(37-26)38-27-13-15-36-40(27)16-11-17-42-8/h12-15,18-19H,11,16-17,21-22H2,1-10H3,(H,35,37,38). The van der Waals surface area contributed by atoms with Crippen molar-refractivity contribution in [3.05, 3.63) is 47.8 Å². The van der Waals surface area contributed by atoms with Crippen molar-refractivity contribution in [2.24, 2.45) is 0 Å². The number of amides is 1. The predicted molar refractivity (Wildman–Crippen MR) is 178 cm³/mol. The van der Waals surface area contributed by atoms with Gasteiger partial charge in [-0.3, -0.25) is 4.90 Å². The SMILES string of the molecule is COCCCn1nccc1Nc1nccc(-c2cc(C#N)c3c(c2)C(C)(CO[Si](C)(C)C(C)(C)C)CN3C(=O)OC(C)(C)C)n1. The molecule has 0 bridgehead atoms. The lowest BCUT2D eigenvalue weighted by molar-refractivity contribution is 0.0575. The number of aromatic nitrogens is 4. The zero-order valence-electron chi connectivity index (χ0n) is 28.3. The second kappa shape index (κ2) is 12.9. The van der Waals surface area contributed by atoms with Crippen molar-refractivity contribution in [1.29, 1.82) is 5.26 Å². The Kier molecular flexibility index (Phi) is 9.77. The average Bonchev–Trinajstić information content (AvgIpc) is 3.52. The van der Waals surface area contributed by atoms with Crippen LogP contribution in [-0.4, -0.2) is 66.6 Å². The molecule has 45 heavy (non-hydrogen) atoms. The van der Waals surface area contributed by atoms with Crippen LogP contribution in [0.3, 0.4) is 0 Å². The zero-order valence-corrected chi connectivity index (χ0v) is 29.3. The number of nitrogens with one attached hydrogen (secondary N) is 1. The number of carbonyl (C=O) groups is 1. The molecule has 11 nitrogen and oxygen atoms in total. The van der Waals surface area contributed by atoms with E-state index in [0.717, 1.165) is 23.4 Å². The number of methoxy groups -OCH3 is 1. The number of hydrogen-bond donors (Lipinski definition) is 1. The molecule has 2 aromatic heterocycles. The van der Waals surface area contributed by atoms with Crippen LogP contribution in [0.25, 0.3) is 11.3 Å². The van der Waals surface area contributed by atoms with Crippen molar-refractivity contribution >= 4 is 31.9 Å². The lowest BCUT2D eigenvalue weighted by Crippen LogP contribution is -2.46. The van der Waals surface area contributed by atoms with Crippen LogP contribution in [0.1, 0.15) is 66.0 Å². The molecular formula is C33H47N7O4Si. The first-order chi connectivity index (χ1) is 21.0. The Hall–Kier alpha value is -3.79. The highest BCUT2D eigenvalue weighted by atomic mass is 28.4. The zero-order chi connectivity index (χ0) is 33.2. The molecule has 242 valence electrons. The van der Waals surface area contributed by atoms with Gasteiger partial charge in [0.2, 0.25) is 5.95 Å². The van der Waals surface area contributed by atoms with Crippen LogP contribution in [0.5, 0.6) is 0 Å². The molecule has 4 rings (SSSR count). The molecule has 3 aromatic rings. The van der Waals surface area contributed by atoms with Gasteiger partial charge in [0.1, 0.15) is 17.5 Å². The van der Waals surface area contributed by atoms with Gasteiger partial charge in [-0.25, -0.2) is 19.4 Å². The van der Waals surface area contributed by atoms with Gasteiger partial charge in [0.15, 0.2) is 8.32 Å². The van der Waals surface area contributed by atoms with E-state index < -0.39 is 25.4 Å². The smallest absolute Gasteiger partial charge is 0.414 e. The number of nitriles is 1. The van der Waals surface area contributed by atoms with Gasteiger partial charge >= 0.3 is 6.09 Å². The molecule has 0 aliphatic carbocycles. The fraction of sp³-hybridized carbons (Fsp3) is 0.545. The van der Waals surface area contributed by atoms with Crippen LogP contribution in [0.2, 0.25) is 18.1 Å². The number of rotatable bonds is 10. The third-order valence-corrected chi connectivity index (χ3v) is 12.9. The summed E-state index contributed by atoms with van der Waals surface area (Å²) in [5, 5.41) is 18.0. The molecule has 0 saturated heterocycles. The minimum atomic E-state index is -2.12. The van der Waals surface area contributed by atoms with Crippen molar-refractivity contribution in [3.8, 4) is 17.3 Å². The van der Waals surface area contributed by atoms with E-state index in [9.17, 15) is 10.1 Å². The molecule has 1 aliphatic heterocycles. The summed E-state index contributed by atoms with van der Waals surface area (Å²) in [7, 11) is -0.447. The summed E-state index contributed by atoms with van der Waals surface area (Å²) in [5.41, 5.74) is 1.88. The Morgan fingerprint density at radius 1 is 1.16 bits per heavy atom. The van der Waals surface area contributed by atoms with Crippen molar-refractivity contribution in [2.75, 3.05) is 37.1 Å². The lowest BCUT2D eigenvalue weighted by Gasteiger charge is -2.39. The van der Waals surface area contributed by atoms with Crippen molar-refractivity contribution < 1.29 is 18.7 Å². The van der Waals surface area contributed by atoms with Gasteiger partial charge in [0, 0.05) is 56.7 Å². The van der Waals surface area contributed by atoms with Gasteiger partial charge in [0.05, 0.1) is 23.1 Å². The molecule has 0 saturated carbocycles. The summed E-state index contributed by atoms with van der Waals surface area (Å²) >= 11 is 0. The molecule has 3 heterocycles. The Morgan fingerprint density at radius 3 is 2.53 bits per heavy atom. The van der Waals surface area contributed by atoms with E-state index in [1.807, 2.05) is 43.7 Å². The molecule has 1 N–H and O–H groups in total. The highest BCUT2D eigenvalue weighted by molar-refractivity contribution is 6.74. The minimum Gasteiger partial charge on any atom is -0.443 e. The van der Waals surface area contributed by atoms with E-state index >= 15 is 0 Å². The molecule has 0 fully saturated rings. The second-order valence-corrected chi connectivity index (χ2v) is 19.2. The third-order valence-electron chi connectivity index (χ3n) is 8.46. The van der Waals surface area contributed by atoms with Gasteiger partial charge in [-0.05, 0) is 69.1 Å². The van der Waals surface area contributed by atoms with Crippen molar-refractivity contribution in [2.45, 2.75) is 90.6 Å². The van der Waals surface area contributed by atoms with E-state index in [-0.39, 0.29) is 5.04 Å². The number of carbonyl (C=O) groups excluding carboxylic acids is 1. The van der Waals surface area contributed by atoms with E-state index in [4.69, 9.17) is 18.9 Å². The summed E-state index contributed by atoms with van der Waals surface area (Å²) < 4.78 is 19.5. The monoisotopic (exact) mass is 633 g/mol. The third kappa shape index (κ3) is 7.72. The molecule has 1 atom stereocenters. The Bertz CT molecular complexity index is 1570. The van der Waals surface area contributed by atoms with Gasteiger partial charge in [0.25, 0.3) is 0 Å². The van der Waals surface area contributed by atoms with Gasteiger partial charge in [-0.2, -0.15) is 10.4 Å². The summed E-state index contributed by atoms with van der Waals surface area (Å²) in [4.78, 5) is 24.3. The van der Waals surface area contributed by atoms with Crippen LogP contribution >= 0.6 is 0 Å². The largest absolute Gasteiger partial charge is 0.443 e. The van der Waals surface area contributed by atoms with Crippen molar-refractivity contribution in [1.82, 2.24) is 19.7 Å². The number of hydrogen-bond acceptors (Lipinski definition) is 9. The molecule has 1 aromatic carbocycles. The van der Waals surface area contributed by atoms with E-state index in [2.05, 4.69) is 62.3 Å². The predicted octanol–water partition coefficient (Wildman–Crippen LogP) is 7.03. The molecule has 1 amide bonds. The first kappa shape index (κ1) is 34.1. The Morgan fingerprint density at radius 2 is 1.89 bits per heavy atom. The summed E-state index contributed by atoms with van der Waals surface area (Å²) in [6, 6.07) is 9.82. The number of nitrogens with zero attached hydrogens (tertiary/aromatic N) is 6. The first-order valence-electron chi connectivity index (χ1n) is 15.3. The molecule has 12 heteroatoms. The summed E-state index contributed by atoms with van der Waals surface area (Å²) in [6.45, 7) is 20.7. The van der Waals surface area contributed by atoms with Crippen LogP contribution in [0, 0.1) is 11.3 Å². The molecular weight excluding hydrogens is 586 g/mol. The normalized spacial score (nSPS) is 16.8.